The molecule has 0 atom stereocenters. The molecule has 174 valence electrons. The van der Waals surface area contributed by atoms with Crippen molar-refractivity contribution in [1.82, 2.24) is 0 Å². The van der Waals surface area contributed by atoms with Crippen LogP contribution in [-0.4, -0.2) is 23.8 Å². The van der Waals surface area contributed by atoms with Crippen molar-refractivity contribution in [2.45, 2.75) is 103 Å². The molecule has 0 aromatic heterocycles. The van der Waals surface area contributed by atoms with Gasteiger partial charge in [0.25, 0.3) is 0 Å². The summed E-state index contributed by atoms with van der Waals surface area (Å²) in [5.74, 6) is 0.236. The number of carbonyl (C=O) groups is 2. The second kappa shape index (κ2) is 17.6. The van der Waals surface area contributed by atoms with Gasteiger partial charge in [0.05, 0.1) is 13.5 Å². The minimum atomic E-state index is -0.188. The number of allylic oxidation sites excluding steroid dienone is 1. The average molecular weight is 431 g/mol. The second-order valence-electron chi connectivity index (χ2n) is 8.44. The van der Waals surface area contributed by atoms with Crippen molar-refractivity contribution < 1.29 is 19.4 Å². The third kappa shape index (κ3) is 13.7. The molecule has 0 amide bonds. The van der Waals surface area contributed by atoms with Crippen LogP contribution in [0.25, 0.3) is 6.08 Å². The number of hydrogen-bond acceptors (Lipinski definition) is 4. The number of hydrogen-bond donors (Lipinski definition) is 1. The average Bonchev–Trinajstić information content (AvgIpc) is 2.76. The summed E-state index contributed by atoms with van der Waals surface area (Å²) in [7, 11) is 1.48. The van der Waals surface area contributed by atoms with Crippen molar-refractivity contribution in [1.29, 1.82) is 0 Å². The highest BCUT2D eigenvalue weighted by Crippen LogP contribution is 2.26. The Labute approximate surface area is 189 Å². The third-order valence-electron chi connectivity index (χ3n) is 5.60. The van der Waals surface area contributed by atoms with E-state index in [2.05, 4.69) is 6.92 Å². The molecule has 1 N–H and O–H groups in total. The summed E-state index contributed by atoms with van der Waals surface area (Å²) in [5, 5.41) is 9.59. The Morgan fingerprint density at radius 2 is 1.42 bits per heavy atom. The van der Waals surface area contributed by atoms with E-state index in [1.807, 2.05) is 0 Å². The fourth-order valence-corrected chi connectivity index (χ4v) is 3.67. The highest BCUT2D eigenvalue weighted by Gasteiger charge is 2.07. The van der Waals surface area contributed by atoms with Gasteiger partial charge in [0.15, 0.2) is 17.3 Å². The van der Waals surface area contributed by atoms with Crippen LogP contribution < -0.4 is 4.74 Å². The topological polar surface area (TPSA) is 63.6 Å². The first-order valence-electron chi connectivity index (χ1n) is 12.2. The summed E-state index contributed by atoms with van der Waals surface area (Å²) >= 11 is 0. The summed E-state index contributed by atoms with van der Waals surface area (Å²) < 4.78 is 5.05. The van der Waals surface area contributed by atoms with Crippen LogP contribution >= 0.6 is 0 Å². The second-order valence-corrected chi connectivity index (χ2v) is 8.44. The van der Waals surface area contributed by atoms with Gasteiger partial charge in [-0.15, -0.1) is 0 Å². The molecule has 1 aromatic carbocycles. The number of Topliss-reactive ketones (excluding diaryl/α,β-unsaturated/α-hetero) is 1. The highest BCUT2D eigenvalue weighted by atomic mass is 16.5. The number of ketones is 2. The summed E-state index contributed by atoms with van der Waals surface area (Å²) in [5.41, 5.74) is 0.743. The van der Waals surface area contributed by atoms with Gasteiger partial charge >= 0.3 is 0 Å². The molecule has 0 fully saturated rings. The van der Waals surface area contributed by atoms with E-state index in [1.165, 1.54) is 89.9 Å². The monoisotopic (exact) mass is 430 g/mol. The van der Waals surface area contributed by atoms with Crippen molar-refractivity contribution in [3.63, 3.8) is 0 Å². The van der Waals surface area contributed by atoms with Gasteiger partial charge in [0.2, 0.25) is 0 Å². The molecule has 0 bridgehead atoms. The van der Waals surface area contributed by atoms with Crippen LogP contribution in [0.1, 0.15) is 109 Å². The van der Waals surface area contributed by atoms with Crippen LogP contribution in [0.2, 0.25) is 0 Å². The van der Waals surface area contributed by atoms with Gasteiger partial charge in [-0.2, -0.15) is 0 Å². The van der Waals surface area contributed by atoms with E-state index in [4.69, 9.17) is 4.74 Å². The Bertz CT molecular complexity index is 663. The number of aromatic hydroxyl groups is 1. The molecule has 0 unspecified atom stereocenters. The van der Waals surface area contributed by atoms with E-state index in [1.54, 1.807) is 18.2 Å². The number of methoxy groups -OCH3 is 1. The quantitative estimate of drug-likeness (QED) is 0.141. The van der Waals surface area contributed by atoms with Crippen LogP contribution in [0, 0.1) is 0 Å². The number of phenolic OH excluding ortho intramolecular Hbond substituents is 1. The molecule has 1 aromatic rings. The lowest BCUT2D eigenvalue weighted by Gasteiger charge is -2.04. The maximum atomic E-state index is 12.0. The van der Waals surface area contributed by atoms with Gasteiger partial charge in [0, 0.05) is 6.42 Å². The number of benzene rings is 1. The Hall–Kier alpha value is -2.10. The molecule has 0 aliphatic carbocycles. The molecule has 0 aliphatic heterocycles. The number of rotatable bonds is 19. The summed E-state index contributed by atoms with van der Waals surface area (Å²) in [4.78, 5) is 24.0. The van der Waals surface area contributed by atoms with E-state index in [-0.39, 0.29) is 23.7 Å². The maximum absolute atomic E-state index is 12.0. The van der Waals surface area contributed by atoms with Crippen LogP contribution in [0.5, 0.6) is 11.5 Å². The van der Waals surface area contributed by atoms with Gasteiger partial charge in [0.1, 0.15) is 5.78 Å². The van der Waals surface area contributed by atoms with E-state index in [0.29, 0.717) is 12.2 Å². The van der Waals surface area contributed by atoms with Crippen molar-refractivity contribution in [2.75, 3.05) is 7.11 Å². The normalized spacial score (nSPS) is 11.2. The lowest BCUT2D eigenvalue weighted by atomic mass is 10.0. The third-order valence-corrected chi connectivity index (χ3v) is 5.60. The lowest BCUT2D eigenvalue weighted by Crippen LogP contribution is -2.05. The lowest BCUT2D eigenvalue weighted by molar-refractivity contribution is -0.124. The van der Waals surface area contributed by atoms with Crippen LogP contribution in [0.4, 0.5) is 0 Å². The van der Waals surface area contributed by atoms with Gasteiger partial charge in [-0.05, 0) is 30.2 Å². The van der Waals surface area contributed by atoms with Crippen LogP contribution in [-0.2, 0) is 9.59 Å². The van der Waals surface area contributed by atoms with Gasteiger partial charge in [-0.1, -0.05) is 96.1 Å². The largest absolute Gasteiger partial charge is 0.504 e. The maximum Gasteiger partial charge on any atom is 0.163 e. The number of carbonyl (C=O) groups excluding carboxylic acids is 2. The molecule has 31 heavy (non-hydrogen) atoms. The predicted molar refractivity (Wildman–Crippen MR) is 129 cm³/mol. The molecular formula is C27H42O4. The molecule has 0 saturated carbocycles. The van der Waals surface area contributed by atoms with Crippen molar-refractivity contribution in [3.05, 3.63) is 29.8 Å². The molecule has 0 saturated heterocycles. The van der Waals surface area contributed by atoms with Gasteiger partial charge in [-0.25, -0.2) is 0 Å². The smallest absolute Gasteiger partial charge is 0.163 e. The van der Waals surface area contributed by atoms with Crippen LogP contribution in [0.3, 0.4) is 0 Å². The zero-order valence-corrected chi connectivity index (χ0v) is 19.7. The molecule has 0 spiro atoms. The first kappa shape index (κ1) is 26.9. The van der Waals surface area contributed by atoms with Crippen LogP contribution in [0.15, 0.2) is 24.3 Å². The standard InChI is InChI=1S/C27H42O4/c1-3-4-5-6-7-8-9-10-11-12-13-14-15-16-24(28)22-25(29)19-17-23-18-20-26(30)27(21-23)31-2/h17-21,30H,3-16,22H2,1-2H3/b19-17+. The Morgan fingerprint density at radius 3 is 1.97 bits per heavy atom. The van der Waals surface area contributed by atoms with E-state index in [9.17, 15) is 14.7 Å². The fraction of sp³-hybridized carbons (Fsp3) is 0.630. The van der Waals surface area contributed by atoms with Gasteiger partial charge < -0.3 is 9.84 Å². The van der Waals surface area contributed by atoms with Crippen molar-refractivity contribution in [3.8, 4) is 11.5 Å². The first-order chi connectivity index (χ1) is 15.1. The molecule has 1 rings (SSSR count). The Kier molecular flexibility index (Phi) is 15.3. The summed E-state index contributed by atoms with van der Waals surface area (Å²) in [6, 6.07) is 4.86. The minimum Gasteiger partial charge on any atom is -0.504 e. The van der Waals surface area contributed by atoms with Crippen molar-refractivity contribution in [2.24, 2.45) is 0 Å². The van der Waals surface area contributed by atoms with E-state index >= 15 is 0 Å². The number of ether oxygens (including phenoxy) is 1. The van der Waals surface area contributed by atoms with Crippen molar-refractivity contribution >= 4 is 17.6 Å². The van der Waals surface area contributed by atoms with E-state index < -0.39 is 0 Å². The van der Waals surface area contributed by atoms with E-state index in [0.717, 1.165) is 18.4 Å². The Morgan fingerprint density at radius 1 is 0.871 bits per heavy atom. The molecular weight excluding hydrogens is 388 g/mol. The first-order valence-corrected chi connectivity index (χ1v) is 12.2. The zero-order valence-electron chi connectivity index (χ0n) is 19.7. The number of phenols is 1. The minimum absolute atomic E-state index is 0.0148. The number of unbranched alkanes of at least 4 members (excludes halogenated alkanes) is 12. The predicted octanol–water partition coefficient (Wildman–Crippen LogP) is 7.42. The Balaban J connectivity index is 2.03. The highest BCUT2D eigenvalue weighted by molar-refractivity contribution is 6.06. The molecule has 0 aliphatic rings. The fourth-order valence-electron chi connectivity index (χ4n) is 3.67. The van der Waals surface area contributed by atoms with Gasteiger partial charge in [-0.3, -0.25) is 9.59 Å². The summed E-state index contributed by atoms with van der Waals surface area (Å²) in [6.07, 6.45) is 20.1. The molecule has 0 heterocycles. The summed E-state index contributed by atoms with van der Waals surface area (Å²) in [6.45, 7) is 2.26. The molecule has 0 radical (unpaired) electrons. The molecule has 4 heteroatoms. The zero-order chi connectivity index (χ0) is 22.7. The SMILES string of the molecule is CCCCCCCCCCCCCCCC(=O)CC(=O)/C=C/c1ccc(O)c(OC)c1. The molecule has 4 nitrogen and oxygen atoms in total.